The van der Waals surface area contributed by atoms with Gasteiger partial charge in [-0.2, -0.15) is 0 Å². The standard InChI is InChI=1S/C28H34N6S2/c1-21-24(10-12-32(2)20-27-29-11-17-36-27)25-18-23(8-9-26(25)30-21)31-28(35)34-15-13-33(14-16-34)19-22-6-4-3-5-7-22/h3-9,11,17-18,30H,10,12-16,19-20H2,1-2H3,(H,31,35). The molecule has 4 aromatic rings. The Balaban J connectivity index is 1.18. The molecule has 6 nitrogen and oxygen atoms in total. The number of aryl methyl sites for hydroxylation is 1. The maximum atomic E-state index is 5.80. The molecule has 2 aromatic heterocycles. The van der Waals surface area contributed by atoms with Crippen LogP contribution in [0.1, 0.15) is 21.8 Å². The molecule has 1 fully saturated rings. The molecule has 0 amide bonds. The number of likely N-dealkylation sites (N-methyl/N-ethyl adjacent to an activating group) is 1. The number of H-pyrrole nitrogens is 1. The van der Waals surface area contributed by atoms with Crippen LogP contribution in [0.15, 0.2) is 60.1 Å². The van der Waals surface area contributed by atoms with E-state index in [9.17, 15) is 0 Å². The lowest BCUT2D eigenvalue weighted by atomic mass is 10.1. The van der Waals surface area contributed by atoms with Crippen molar-refractivity contribution in [3.05, 3.63) is 81.9 Å². The Morgan fingerprint density at radius 3 is 2.69 bits per heavy atom. The van der Waals surface area contributed by atoms with Gasteiger partial charge in [0.25, 0.3) is 0 Å². The van der Waals surface area contributed by atoms with Crippen LogP contribution < -0.4 is 5.32 Å². The van der Waals surface area contributed by atoms with E-state index in [1.165, 1.54) is 27.7 Å². The number of rotatable bonds is 8. The first-order valence-corrected chi connectivity index (χ1v) is 13.8. The van der Waals surface area contributed by atoms with E-state index in [1.54, 1.807) is 11.3 Å². The number of anilines is 1. The molecule has 36 heavy (non-hydrogen) atoms. The van der Waals surface area contributed by atoms with Crippen LogP contribution in [0.25, 0.3) is 10.9 Å². The molecule has 0 aliphatic carbocycles. The summed E-state index contributed by atoms with van der Waals surface area (Å²) >= 11 is 7.52. The number of hydrogen-bond acceptors (Lipinski definition) is 5. The van der Waals surface area contributed by atoms with Gasteiger partial charge >= 0.3 is 0 Å². The quantitative estimate of drug-likeness (QED) is 0.316. The van der Waals surface area contributed by atoms with Crippen molar-refractivity contribution in [1.82, 2.24) is 24.7 Å². The SMILES string of the molecule is Cc1[nH]c2ccc(NC(=S)N3CCN(Cc4ccccc4)CC3)cc2c1CCN(C)Cc1nccs1. The molecule has 8 heteroatoms. The van der Waals surface area contributed by atoms with Gasteiger partial charge in [0.1, 0.15) is 5.01 Å². The van der Waals surface area contributed by atoms with E-state index in [2.05, 4.69) is 92.5 Å². The third kappa shape index (κ3) is 6.13. The summed E-state index contributed by atoms with van der Waals surface area (Å²) in [7, 11) is 2.16. The smallest absolute Gasteiger partial charge is 0.173 e. The van der Waals surface area contributed by atoms with E-state index < -0.39 is 0 Å². The Hall–Kier alpha value is -2.78. The van der Waals surface area contributed by atoms with Crippen LogP contribution in [0.5, 0.6) is 0 Å². The number of benzene rings is 2. The summed E-state index contributed by atoms with van der Waals surface area (Å²) in [6.45, 7) is 8.97. The van der Waals surface area contributed by atoms with Gasteiger partial charge in [0.05, 0.1) is 6.54 Å². The Bertz CT molecular complexity index is 1280. The number of thiazole rings is 1. The first-order valence-electron chi connectivity index (χ1n) is 12.6. The third-order valence-corrected chi connectivity index (χ3v) is 8.04. The molecular formula is C28H34N6S2. The minimum atomic E-state index is 0.811. The summed E-state index contributed by atoms with van der Waals surface area (Å²) in [5.74, 6) is 0. The maximum absolute atomic E-state index is 5.80. The normalized spacial score (nSPS) is 14.6. The fourth-order valence-electron chi connectivity index (χ4n) is 4.88. The van der Waals surface area contributed by atoms with Crippen molar-refractivity contribution in [1.29, 1.82) is 0 Å². The van der Waals surface area contributed by atoms with Gasteiger partial charge < -0.3 is 15.2 Å². The summed E-state index contributed by atoms with van der Waals surface area (Å²) < 4.78 is 0. The fourth-order valence-corrected chi connectivity index (χ4v) is 5.88. The van der Waals surface area contributed by atoms with Gasteiger partial charge in [0, 0.05) is 73.1 Å². The van der Waals surface area contributed by atoms with Crippen LogP contribution in [0.2, 0.25) is 0 Å². The van der Waals surface area contributed by atoms with Crippen LogP contribution in [-0.4, -0.2) is 69.6 Å². The summed E-state index contributed by atoms with van der Waals surface area (Å²) in [4.78, 5) is 15.1. The number of aromatic amines is 1. The molecule has 3 heterocycles. The Morgan fingerprint density at radius 1 is 1.14 bits per heavy atom. The van der Waals surface area contributed by atoms with Crippen LogP contribution in [0, 0.1) is 6.92 Å². The second-order valence-corrected chi connectivity index (χ2v) is 10.9. The zero-order chi connectivity index (χ0) is 24.9. The minimum Gasteiger partial charge on any atom is -0.358 e. The van der Waals surface area contributed by atoms with E-state index in [0.29, 0.717) is 0 Å². The average Bonchev–Trinajstić information content (AvgIpc) is 3.50. The van der Waals surface area contributed by atoms with Gasteiger partial charge in [-0.15, -0.1) is 11.3 Å². The minimum absolute atomic E-state index is 0.811. The highest BCUT2D eigenvalue weighted by atomic mass is 32.1. The molecule has 2 aromatic carbocycles. The number of nitrogens with zero attached hydrogens (tertiary/aromatic N) is 4. The van der Waals surface area contributed by atoms with Gasteiger partial charge in [-0.25, -0.2) is 4.98 Å². The lowest BCUT2D eigenvalue weighted by Crippen LogP contribution is -2.49. The summed E-state index contributed by atoms with van der Waals surface area (Å²) in [6.07, 6.45) is 2.87. The fraction of sp³-hybridized carbons (Fsp3) is 0.357. The number of nitrogens with one attached hydrogen (secondary N) is 2. The van der Waals surface area contributed by atoms with Crippen molar-refractivity contribution in [3.8, 4) is 0 Å². The van der Waals surface area contributed by atoms with Crippen molar-refractivity contribution in [2.75, 3.05) is 45.1 Å². The van der Waals surface area contributed by atoms with Gasteiger partial charge in [0.15, 0.2) is 5.11 Å². The third-order valence-electron chi connectivity index (χ3n) is 6.91. The predicted octanol–water partition coefficient (Wildman–Crippen LogP) is 5.12. The molecule has 0 radical (unpaired) electrons. The van der Waals surface area contributed by atoms with E-state index in [0.717, 1.165) is 68.0 Å². The van der Waals surface area contributed by atoms with E-state index in [4.69, 9.17) is 12.2 Å². The number of aromatic nitrogens is 2. The predicted molar refractivity (Wildman–Crippen MR) is 155 cm³/mol. The van der Waals surface area contributed by atoms with Gasteiger partial charge in [0.2, 0.25) is 0 Å². The second kappa shape index (κ2) is 11.5. The highest BCUT2D eigenvalue weighted by molar-refractivity contribution is 7.80. The van der Waals surface area contributed by atoms with E-state index in [1.807, 2.05) is 11.6 Å². The number of hydrogen-bond donors (Lipinski definition) is 2. The van der Waals surface area contributed by atoms with E-state index >= 15 is 0 Å². The van der Waals surface area contributed by atoms with Crippen molar-refractivity contribution < 1.29 is 0 Å². The monoisotopic (exact) mass is 518 g/mol. The Kier molecular flexibility index (Phi) is 7.96. The van der Waals surface area contributed by atoms with Crippen molar-refractivity contribution in [2.45, 2.75) is 26.4 Å². The molecule has 5 rings (SSSR count). The van der Waals surface area contributed by atoms with Gasteiger partial charge in [-0.05, 0) is 61.9 Å². The summed E-state index contributed by atoms with van der Waals surface area (Å²) in [5, 5.41) is 8.79. The molecule has 1 saturated heterocycles. The zero-order valence-electron chi connectivity index (χ0n) is 21.0. The average molecular weight is 519 g/mol. The molecular weight excluding hydrogens is 484 g/mol. The first-order chi connectivity index (χ1) is 17.5. The van der Waals surface area contributed by atoms with Crippen LogP contribution in [0.4, 0.5) is 5.69 Å². The molecule has 2 N–H and O–H groups in total. The van der Waals surface area contributed by atoms with Crippen molar-refractivity contribution >= 4 is 45.3 Å². The summed E-state index contributed by atoms with van der Waals surface area (Å²) in [6, 6.07) is 17.2. The van der Waals surface area contributed by atoms with Gasteiger partial charge in [-0.3, -0.25) is 9.80 Å². The van der Waals surface area contributed by atoms with Crippen LogP contribution >= 0.6 is 23.6 Å². The van der Waals surface area contributed by atoms with E-state index in [-0.39, 0.29) is 0 Å². The Morgan fingerprint density at radius 2 is 1.94 bits per heavy atom. The molecule has 0 saturated carbocycles. The van der Waals surface area contributed by atoms with Gasteiger partial charge in [-0.1, -0.05) is 30.3 Å². The molecule has 0 atom stereocenters. The summed E-state index contributed by atoms with van der Waals surface area (Å²) in [5.41, 5.74) is 6.21. The first kappa shape index (κ1) is 24.9. The molecule has 1 aliphatic rings. The highest BCUT2D eigenvalue weighted by Crippen LogP contribution is 2.26. The molecule has 0 spiro atoms. The maximum Gasteiger partial charge on any atom is 0.173 e. The topological polar surface area (TPSA) is 50.4 Å². The number of fused-ring (bicyclic) bond motifs is 1. The second-order valence-electron chi connectivity index (χ2n) is 9.58. The highest BCUT2D eigenvalue weighted by Gasteiger charge is 2.19. The largest absolute Gasteiger partial charge is 0.358 e. The Labute approximate surface area is 222 Å². The van der Waals surface area contributed by atoms with Crippen LogP contribution in [-0.2, 0) is 19.5 Å². The molecule has 0 bridgehead atoms. The lowest BCUT2D eigenvalue weighted by molar-refractivity contribution is 0.177. The van der Waals surface area contributed by atoms with Crippen molar-refractivity contribution in [3.63, 3.8) is 0 Å². The number of piperazine rings is 1. The molecule has 0 unspecified atom stereocenters. The molecule has 1 aliphatic heterocycles. The zero-order valence-corrected chi connectivity index (χ0v) is 22.7. The van der Waals surface area contributed by atoms with Crippen molar-refractivity contribution in [2.24, 2.45) is 0 Å². The molecule has 188 valence electrons. The number of thiocarbonyl (C=S) groups is 1. The van der Waals surface area contributed by atoms with Crippen LogP contribution in [0.3, 0.4) is 0 Å². The lowest BCUT2D eigenvalue weighted by Gasteiger charge is -2.36.